The first-order valence-electron chi connectivity index (χ1n) is 12.3. The Hall–Kier alpha value is -3.84. The van der Waals surface area contributed by atoms with Gasteiger partial charge in [-0.05, 0) is 79.6 Å². The lowest BCUT2D eigenvalue weighted by Gasteiger charge is -2.20. The van der Waals surface area contributed by atoms with Crippen molar-refractivity contribution in [1.82, 2.24) is 5.01 Å². The van der Waals surface area contributed by atoms with Gasteiger partial charge in [0.15, 0.2) is 17.3 Å². The molecule has 0 saturated heterocycles. The van der Waals surface area contributed by atoms with Gasteiger partial charge in [0.1, 0.15) is 19.0 Å². The third kappa shape index (κ3) is 7.02. The Morgan fingerprint density at radius 2 is 1.73 bits per heavy atom. The Balaban J connectivity index is 1.33. The molecule has 0 aromatic heterocycles. The maximum Gasteiger partial charge on any atom is 0.441 e. The van der Waals surface area contributed by atoms with E-state index in [0.717, 1.165) is 11.3 Å². The number of rotatable bonds is 11. The first-order valence-corrected chi connectivity index (χ1v) is 13.1. The number of aryl methyl sites for hydroxylation is 2. The van der Waals surface area contributed by atoms with Crippen molar-refractivity contribution in [3.63, 3.8) is 0 Å². The zero-order valence-electron chi connectivity index (χ0n) is 22.0. The molecule has 1 amide bonds. The van der Waals surface area contributed by atoms with E-state index in [1.54, 1.807) is 25.1 Å². The lowest BCUT2D eigenvalue weighted by atomic mass is 10.1. The topological polar surface area (TPSA) is 106 Å². The van der Waals surface area contributed by atoms with Crippen LogP contribution in [0.1, 0.15) is 23.6 Å². The van der Waals surface area contributed by atoms with Crippen LogP contribution in [0.5, 0.6) is 17.2 Å². The van der Waals surface area contributed by atoms with Crippen molar-refractivity contribution in [1.29, 1.82) is 5.41 Å². The fourth-order valence-electron chi connectivity index (χ4n) is 3.61. The number of aliphatic imine (C=N–C) groups is 1. The number of halogens is 3. The molecule has 2 aromatic rings. The number of amides is 1. The molecule has 2 heterocycles. The van der Waals surface area contributed by atoms with Crippen molar-refractivity contribution in [3.05, 3.63) is 58.7 Å². The average Bonchev–Trinajstić information content (AvgIpc) is 3.34. The summed E-state index contributed by atoms with van der Waals surface area (Å²) in [7, 11) is 0. The summed E-state index contributed by atoms with van der Waals surface area (Å²) in [6, 6.07) is 10.8. The summed E-state index contributed by atoms with van der Waals surface area (Å²) in [4.78, 5) is 16.2. The molecule has 0 fully saturated rings. The molecule has 0 bridgehead atoms. The molecule has 0 atom stereocenters. The van der Waals surface area contributed by atoms with Crippen molar-refractivity contribution in [2.75, 3.05) is 33.0 Å². The average molecular weight is 577 g/mol. The molecule has 9 nitrogen and oxygen atoms in total. The van der Waals surface area contributed by atoms with Gasteiger partial charge in [-0.3, -0.25) is 10.2 Å². The van der Waals surface area contributed by atoms with E-state index in [-0.39, 0.29) is 29.1 Å². The van der Waals surface area contributed by atoms with Gasteiger partial charge in [0.2, 0.25) is 10.2 Å². The second kappa shape index (κ2) is 12.6. The van der Waals surface area contributed by atoms with Gasteiger partial charge >= 0.3 is 6.18 Å². The molecule has 13 heteroatoms. The van der Waals surface area contributed by atoms with Gasteiger partial charge in [0.05, 0.1) is 25.4 Å². The highest BCUT2D eigenvalue weighted by Crippen LogP contribution is 2.36. The molecular weight excluding hydrogens is 549 g/mol. The number of carbonyl (C=O) groups excluding carboxylic acids is 1. The number of carbonyl (C=O) groups is 1. The number of nitrogens with zero attached hydrogens (tertiary/aromatic N) is 3. The van der Waals surface area contributed by atoms with Crippen LogP contribution in [-0.2, 0) is 9.53 Å². The third-order valence-corrected chi connectivity index (χ3v) is 6.69. The molecule has 2 aliphatic heterocycles. The molecule has 40 heavy (non-hydrogen) atoms. The normalized spacial score (nSPS) is 16.1. The van der Waals surface area contributed by atoms with E-state index in [4.69, 9.17) is 24.4 Å². The maximum atomic E-state index is 13.0. The van der Waals surface area contributed by atoms with Crippen LogP contribution in [0.2, 0.25) is 0 Å². The van der Waals surface area contributed by atoms with Crippen molar-refractivity contribution in [3.8, 4) is 17.2 Å². The highest BCUT2D eigenvalue weighted by Gasteiger charge is 2.46. The lowest BCUT2D eigenvalue weighted by molar-refractivity contribution is -0.114. The number of fused-ring (bicyclic) bond motifs is 1. The summed E-state index contributed by atoms with van der Waals surface area (Å²) in [5.74, 6) is 0.287. The largest absolute Gasteiger partial charge is 0.491 e. The Bertz CT molecular complexity index is 1390. The minimum atomic E-state index is -4.71. The molecular formula is C27H27F3N4O5S. The van der Waals surface area contributed by atoms with Gasteiger partial charge in [-0.1, -0.05) is 12.1 Å². The quantitative estimate of drug-likeness (QED) is 0.284. The molecule has 0 spiro atoms. The van der Waals surface area contributed by atoms with E-state index in [1.165, 1.54) is 11.6 Å². The third-order valence-electron chi connectivity index (χ3n) is 5.74. The van der Waals surface area contributed by atoms with E-state index in [2.05, 4.69) is 10.1 Å². The van der Waals surface area contributed by atoms with Crippen LogP contribution in [0.3, 0.4) is 0 Å². The standard InChI is InChI=1S/C27H27F3N4O5S/c1-4-37-22-15-18(14-20-23(31)34-26(32-24(20)35)40-25(33-34)27(28,29)30)6-8-21(22)39-12-10-36-9-11-38-19-7-5-16(2)17(3)13-19/h5-8,13-15,31H,4,9-12H2,1-3H3/b20-14-,31-23?. The van der Waals surface area contributed by atoms with E-state index >= 15 is 0 Å². The molecule has 0 saturated carbocycles. The number of thioether (sulfide) groups is 1. The van der Waals surface area contributed by atoms with Crippen molar-refractivity contribution in [2.45, 2.75) is 26.9 Å². The van der Waals surface area contributed by atoms with E-state index in [1.807, 2.05) is 32.0 Å². The SMILES string of the molecule is CCOc1cc(/C=C2/C(=N)N3N=C(C(F)(F)F)SC3=NC2=O)ccc1OCCOCCOc1ccc(C)c(C)c1. The van der Waals surface area contributed by atoms with Crippen molar-refractivity contribution in [2.24, 2.45) is 10.1 Å². The van der Waals surface area contributed by atoms with Gasteiger partial charge in [-0.2, -0.15) is 28.3 Å². The highest BCUT2D eigenvalue weighted by atomic mass is 32.2. The zero-order valence-corrected chi connectivity index (χ0v) is 22.8. The number of ether oxygens (including phenoxy) is 4. The molecule has 212 valence electrons. The minimum Gasteiger partial charge on any atom is -0.491 e. The van der Waals surface area contributed by atoms with Gasteiger partial charge < -0.3 is 18.9 Å². The van der Waals surface area contributed by atoms with Gasteiger partial charge in [-0.15, -0.1) is 0 Å². The Labute approximate surface area is 233 Å². The predicted octanol–water partition coefficient (Wildman–Crippen LogP) is 5.36. The molecule has 2 aliphatic rings. The molecule has 2 aromatic carbocycles. The Morgan fingerprint density at radius 3 is 2.42 bits per heavy atom. The van der Waals surface area contributed by atoms with Crippen LogP contribution in [0.4, 0.5) is 13.2 Å². The second-order valence-corrected chi connectivity index (χ2v) is 9.57. The zero-order chi connectivity index (χ0) is 28.9. The number of alkyl halides is 3. The number of benzene rings is 2. The van der Waals surface area contributed by atoms with Crippen LogP contribution in [0.15, 0.2) is 52.1 Å². The highest BCUT2D eigenvalue weighted by molar-refractivity contribution is 8.27. The van der Waals surface area contributed by atoms with E-state index < -0.39 is 23.0 Å². The maximum absolute atomic E-state index is 13.0. The number of amidine groups is 2. The van der Waals surface area contributed by atoms with Gasteiger partial charge in [-0.25, -0.2) is 0 Å². The Morgan fingerprint density at radius 1 is 0.975 bits per heavy atom. The summed E-state index contributed by atoms with van der Waals surface area (Å²) in [5, 5.41) is 10.9. The van der Waals surface area contributed by atoms with Crippen LogP contribution in [0.25, 0.3) is 6.08 Å². The summed E-state index contributed by atoms with van der Waals surface area (Å²) < 4.78 is 61.8. The van der Waals surface area contributed by atoms with Gasteiger partial charge in [0, 0.05) is 0 Å². The van der Waals surface area contributed by atoms with E-state index in [0.29, 0.717) is 48.5 Å². The molecule has 0 unspecified atom stereocenters. The lowest BCUT2D eigenvalue weighted by Crippen LogP contribution is -2.35. The van der Waals surface area contributed by atoms with Crippen LogP contribution >= 0.6 is 11.8 Å². The fraction of sp³-hybridized carbons (Fsp3) is 0.333. The summed E-state index contributed by atoms with van der Waals surface area (Å²) >= 11 is 0.200. The monoisotopic (exact) mass is 576 g/mol. The van der Waals surface area contributed by atoms with Gasteiger partial charge in [0.25, 0.3) is 5.91 Å². The van der Waals surface area contributed by atoms with E-state index in [9.17, 15) is 18.0 Å². The number of hydrogen-bond acceptors (Lipinski definition) is 8. The molecule has 1 N–H and O–H groups in total. The first-order chi connectivity index (χ1) is 19.1. The minimum absolute atomic E-state index is 0.200. The second-order valence-electron chi connectivity index (χ2n) is 8.62. The Kier molecular flexibility index (Phi) is 9.15. The molecule has 0 aliphatic carbocycles. The summed E-state index contributed by atoms with van der Waals surface area (Å²) in [5.41, 5.74) is 2.62. The predicted molar refractivity (Wildman–Crippen MR) is 146 cm³/mol. The van der Waals surface area contributed by atoms with Crippen LogP contribution in [-0.4, -0.2) is 66.2 Å². The number of nitrogens with one attached hydrogen (secondary N) is 1. The summed E-state index contributed by atoms with van der Waals surface area (Å²) in [6.07, 6.45) is -3.36. The first kappa shape index (κ1) is 29.2. The van der Waals surface area contributed by atoms with Crippen LogP contribution < -0.4 is 14.2 Å². The smallest absolute Gasteiger partial charge is 0.441 e. The van der Waals surface area contributed by atoms with Crippen LogP contribution in [0, 0.1) is 19.3 Å². The summed E-state index contributed by atoms with van der Waals surface area (Å²) in [6.45, 7) is 7.54. The fourth-order valence-corrected chi connectivity index (χ4v) is 4.37. The number of hydrazone groups is 1. The molecule has 0 radical (unpaired) electrons. The molecule has 4 rings (SSSR count). The number of hydrogen-bond donors (Lipinski definition) is 1. The van der Waals surface area contributed by atoms with Crippen molar-refractivity contribution < 1.29 is 36.9 Å². The van der Waals surface area contributed by atoms with Crippen molar-refractivity contribution >= 4 is 39.8 Å².